The summed E-state index contributed by atoms with van der Waals surface area (Å²) in [6.45, 7) is 0. The fraction of sp³-hybridized carbons (Fsp3) is 0.0556. The number of rotatable bonds is 5. The number of benzene rings is 2. The molecule has 0 aliphatic carbocycles. The van der Waals surface area contributed by atoms with Gasteiger partial charge in [-0.05, 0) is 17.7 Å². The van der Waals surface area contributed by atoms with E-state index in [1.54, 1.807) is 12.4 Å². The van der Waals surface area contributed by atoms with Crippen molar-refractivity contribution in [2.24, 2.45) is 0 Å². The number of nitrogens with one attached hydrogen (secondary N) is 1. The molecule has 0 fully saturated rings. The van der Waals surface area contributed by atoms with E-state index in [-0.39, 0.29) is 11.2 Å². The Morgan fingerprint density at radius 1 is 0.957 bits per heavy atom. The van der Waals surface area contributed by atoms with Crippen LogP contribution in [0.2, 0.25) is 0 Å². The second-order valence-electron chi connectivity index (χ2n) is 4.80. The van der Waals surface area contributed by atoms with Crippen molar-refractivity contribution in [3.8, 4) is 0 Å². The van der Waals surface area contributed by atoms with Gasteiger partial charge >= 0.3 is 0 Å². The first-order valence-electron chi connectivity index (χ1n) is 7.16. The lowest BCUT2D eigenvalue weighted by atomic mass is 10.1. The van der Waals surface area contributed by atoms with Crippen molar-refractivity contribution in [1.82, 2.24) is 9.97 Å². The molecule has 0 saturated heterocycles. The van der Waals surface area contributed by atoms with Gasteiger partial charge in [0.25, 0.3) is 0 Å². The van der Waals surface area contributed by atoms with E-state index in [2.05, 4.69) is 15.3 Å². The number of aromatic nitrogens is 2. The topological polar surface area (TPSA) is 54.9 Å². The summed E-state index contributed by atoms with van der Waals surface area (Å²) in [6.07, 6.45) is 4.66. The van der Waals surface area contributed by atoms with E-state index in [9.17, 15) is 4.79 Å². The molecule has 114 valence electrons. The summed E-state index contributed by atoms with van der Waals surface area (Å²) in [6, 6.07) is 19.6. The van der Waals surface area contributed by atoms with Crippen LogP contribution in [0.5, 0.6) is 0 Å². The van der Waals surface area contributed by atoms with Crippen LogP contribution in [-0.2, 0) is 4.79 Å². The van der Waals surface area contributed by atoms with Gasteiger partial charge in [0.2, 0.25) is 5.91 Å². The van der Waals surface area contributed by atoms with Crippen LogP contribution in [0.3, 0.4) is 0 Å². The number of amides is 1. The molecule has 0 saturated carbocycles. The van der Waals surface area contributed by atoms with Crippen LogP contribution >= 0.6 is 11.8 Å². The highest BCUT2D eigenvalue weighted by molar-refractivity contribution is 8.00. The molecule has 0 radical (unpaired) electrons. The zero-order valence-corrected chi connectivity index (χ0v) is 13.1. The van der Waals surface area contributed by atoms with E-state index in [0.29, 0.717) is 5.82 Å². The lowest BCUT2D eigenvalue weighted by Crippen LogP contribution is -2.19. The molecule has 23 heavy (non-hydrogen) atoms. The molecule has 2 aromatic carbocycles. The van der Waals surface area contributed by atoms with Gasteiger partial charge < -0.3 is 5.32 Å². The molecule has 3 aromatic rings. The summed E-state index contributed by atoms with van der Waals surface area (Å²) < 4.78 is 0. The number of nitrogens with zero attached hydrogens (tertiary/aromatic N) is 2. The van der Waals surface area contributed by atoms with Crippen molar-refractivity contribution in [2.75, 3.05) is 5.32 Å². The second-order valence-corrected chi connectivity index (χ2v) is 5.98. The summed E-state index contributed by atoms with van der Waals surface area (Å²) >= 11 is 1.51. The van der Waals surface area contributed by atoms with E-state index in [1.165, 1.54) is 18.0 Å². The molecule has 5 heteroatoms. The first-order valence-corrected chi connectivity index (χ1v) is 8.04. The number of hydrogen-bond donors (Lipinski definition) is 1. The number of carbonyl (C=O) groups excluding carboxylic acids is 1. The maximum atomic E-state index is 12.7. The molecule has 1 aromatic heterocycles. The first-order chi connectivity index (χ1) is 11.3. The number of carbonyl (C=O) groups is 1. The van der Waals surface area contributed by atoms with E-state index in [1.807, 2.05) is 60.7 Å². The minimum Gasteiger partial charge on any atom is -0.308 e. The van der Waals surface area contributed by atoms with Gasteiger partial charge in [0, 0.05) is 17.3 Å². The first kappa shape index (κ1) is 15.2. The van der Waals surface area contributed by atoms with Crippen LogP contribution in [0.25, 0.3) is 0 Å². The Kier molecular flexibility index (Phi) is 5.01. The highest BCUT2D eigenvalue weighted by atomic mass is 32.2. The van der Waals surface area contributed by atoms with Crippen molar-refractivity contribution in [3.63, 3.8) is 0 Å². The highest BCUT2D eigenvalue weighted by Crippen LogP contribution is 2.35. The van der Waals surface area contributed by atoms with Crippen molar-refractivity contribution in [2.45, 2.75) is 10.1 Å². The van der Waals surface area contributed by atoms with E-state index in [4.69, 9.17) is 0 Å². The Morgan fingerprint density at radius 3 is 2.30 bits per heavy atom. The number of hydrogen-bond acceptors (Lipinski definition) is 4. The predicted octanol–water partition coefficient (Wildman–Crippen LogP) is 3.95. The van der Waals surface area contributed by atoms with Crippen LogP contribution in [-0.4, -0.2) is 15.9 Å². The summed E-state index contributed by atoms with van der Waals surface area (Å²) in [4.78, 5) is 21.8. The summed E-state index contributed by atoms with van der Waals surface area (Å²) in [7, 11) is 0. The number of thioether (sulfide) groups is 1. The van der Waals surface area contributed by atoms with Crippen molar-refractivity contribution in [1.29, 1.82) is 0 Å². The smallest absolute Gasteiger partial charge is 0.243 e. The van der Waals surface area contributed by atoms with Gasteiger partial charge in [-0.2, -0.15) is 0 Å². The van der Waals surface area contributed by atoms with Crippen LogP contribution in [0, 0.1) is 0 Å². The van der Waals surface area contributed by atoms with E-state index in [0.717, 1.165) is 10.5 Å². The molecular formula is C18H15N3OS. The lowest BCUT2D eigenvalue weighted by molar-refractivity contribution is -0.115. The van der Waals surface area contributed by atoms with Crippen LogP contribution < -0.4 is 5.32 Å². The molecule has 4 nitrogen and oxygen atoms in total. The van der Waals surface area contributed by atoms with Crippen molar-refractivity contribution < 1.29 is 4.79 Å². The van der Waals surface area contributed by atoms with Crippen LogP contribution in [0.1, 0.15) is 10.8 Å². The summed E-state index contributed by atoms with van der Waals surface area (Å²) in [5.41, 5.74) is 0.947. The molecule has 1 heterocycles. The zero-order chi connectivity index (χ0) is 15.9. The molecule has 0 aliphatic heterocycles. The summed E-state index contributed by atoms with van der Waals surface area (Å²) in [5, 5.41) is 2.47. The minimum atomic E-state index is -0.361. The molecule has 1 atom stereocenters. The predicted molar refractivity (Wildman–Crippen MR) is 92.1 cm³/mol. The highest BCUT2D eigenvalue weighted by Gasteiger charge is 2.22. The maximum Gasteiger partial charge on any atom is 0.243 e. The average Bonchev–Trinajstić information content (AvgIpc) is 2.62. The molecule has 3 rings (SSSR count). The Bertz CT molecular complexity index is 751. The third-order valence-corrected chi connectivity index (χ3v) is 4.42. The molecule has 0 aliphatic rings. The van der Waals surface area contributed by atoms with Crippen LogP contribution in [0.15, 0.2) is 84.1 Å². The van der Waals surface area contributed by atoms with Gasteiger partial charge in [0.1, 0.15) is 5.25 Å². The Morgan fingerprint density at radius 2 is 1.65 bits per heavy atom. The average molecular weight is 321 g/mol. The maximum absolute atomic E-state index is 12.7. The Labute approximate surface area is 139 Å². The van der Waals surface area contributed by atoms with Gasteiger partial charge in [-0.25, -0.2) is 4.98 Å². The quantitative estimate of drug-likeness (QED) is 0.723. The minimum absolute atomic E-state index is 0.120. The zero-order valence-electron chi connectivity index (χ0n) is 12.3. The Hall–Kier alpha value is -2.66. The Balaban J connectivity index is 1.84. The monoisotopic (exact) mass is 321 g/mol. The van der Waals surface area contributed by atoms with Gasteiger partial charge in [0.15, 0.2) is 5.82 Å². The molecule has 0 bridgehead atoms. The van der Waals surface area contributed by atoms with Gasteiger partial charge in [-0.15, -0.1) is 11.8 Å². The van der Waals surface area contributed by atoms with E-state index < -0.39 is 0 Å². The summed E-state index contributed by atoms with van der Waals surface area (Å²) in [5.74, 6) is 0.331. The molecule has 1 unspecified atom stereocenters. The molecule has 1 amide bonds. The lowest BCUT2D eigenvalue weighted by Gasteiger charge is -2.16. The third kappa shape index (κ3) is 4.17. The van der Waals surface area contributed by atoms with Crippen molar-refractivity contribution >= 4 is 23.5 Å². The fourth-order valence-corrected chi connectivity index (χ4v) is 3.14. The normalized spacial score (nSPS) is 11.7. The third-order valence-electron chi connectivity index (χ3n) is 3.15. The van der Waals surface area contributed by atoms with Gasteiger partial charge in [-0.1, -0.05) is 48.5 Å². The van der Waals surface area contributed by atoms with E-state index >= 15 is 0 Å². The number of anilines is 1. The van der Waals surface area contributed by atoms with Crippen molar-refractivity contribution in [3.05, 3.63) is 84.8 Å². The molecular weight excluding hydrogens is 306 g/mol. The SMILES string of the molecule is O=C(Nc1cnccn1)C(Sc1ccccc1)c1ccccc1. The largest absolute Gasteiger partial charge is 0.308 e. The second kappa shape index (κ2) is 7.56. The molecule has 0 spiro atoms. The fourth-order valence-electron chi connectivity index (χ4n) is 2.09. The molecule has 1 N–H and O–H groups in total. The standard InChI is InChI=1S/C18H15N3OS/c22-18(21-16-13-19-11-12-20-16)17(14-7-3-1-4-8-14)23-15-9-5-2-6-10-15/h1-13,17H,(H,20,21,22). The van der Waals surface area contributed by atoms with Gasteiger partial charge in [0.05, 0.1) is 6.20 Å². The van der Waals surface area contributed by atoms with Gasteiger partial charge in [-0.3, -0.25) is 9.78 Å². The van der Waals surface area contributed by atoms with Crippen LogP contribution in [0.4, 0.5) is 5.82 Å².